The third kappa shape index (κ3) is 2.63. The molecule has 0 spiro atoms. The van der Waals surface area contributed by atoms with Crippen molar-refractivity contribution in [2.24, 2.45) is 0 Å². The van der Waals surface area contributed by atoms with Crippen LogP contribution in [-0.4, -0.2) is 23.3 Å². The molecule has 0 saturated carbocycles. The van der Waals surface area contributed by atoms with Crippen molar-refractivity contribution in [3.63, 3.8) is 0 Å². The van der Waals surface area contributed by atoms with Gasteiger partial charge < -0.3 is 4.74 Å². The lowest BCUT2D eigenvalue weighted by molar-refractivity contribution is 0.0600. The molecule has 0 atom stereocenters. The predicted molar refractivity (Wildman–Crippen MR) is 74.5 cm³/mol. The first-order chi connectivity index (χ1) is 9.04. The van der Waals surface area contributed by atoms with Crippen LogP contribution in [0.5, 0.6) is 0 Å². The third-order valence-corrected chi connectivity index (χ3v) is 3.13. The zero-order valence-electron chi connectivity index (χ0n) is 11.0. The van der Waals surface area contributed by atoms with Crippen LogP contribution in [-0.2, 0) is 4.74 Å². The number of esters is 1. The fourth-order valence-electron chi connectivity index (χ4n) is 1.90. The molecule has 1 N–H and O–H groups in total. The van der Waals surface area contributed by atoms with Gasteiger partial charge in [0.2, 0.25) is 0 Å². The van der Waals surface area contributed by atoms with E-state index in [0.717, 1.165) is 11.3 Å². The highest BCUT2D eigenvalue weighted by Crippen LogP contribution is 2.29. The molecule has 0 saturated heterocycles. The largest absolute Gasteiger partial charge is 0.465 e. The molecule has 0 fully saturated rings. The van der Waals surface area contributed by atoms with E-state index < -0.39 is 0 Å². The minimum atomic E-state index is -0.387. The number of aromatic nitrogens is 2. The van der Waals surface area contributed by atoms with E-state index in [9.17, 15) is 4.79 Å². The lowest BCUT2D eigenvalue weighted by atomic mass is 10.0. The van der Waals surface area contributed by atoms with E-state index in [1.807, 2.05) is 26.0 Å². The van der Waals surface area contributed by atoms with Gasteiger partial charge in [-0.2, -0.15) is 5.10 Å². The SMILES string of the molecule is COC(=O)c1c(-c2ccc(Cl)cc2)n[nH]c1C(C)C. The molecule has 0 aliphatic rings. The van der Waals surface area contributed by atoms with E-state index in [2.05, 4.69) is 10.2 Å². The maximum Gasteiger partial charge on any atom is 0.342 e. The minimum absolute atomic E-state index is 0.155. The number of H-pyrrole nitrogens is 1. The Morgan fingerprint density at radius 2 is 1.95 bits per heavy atom. The monoisotopic (exact) mass is 278 g/mol. The van der Waals surface area contributed by atoms with Crippen LogP contribution < -0.4 is 0 Å². The Labute approximate surface area is 116 Å². The minimum Gasteiger partial charge on any atom is -0.465 e. The molecule has 5 heteroatoms. The third-order valence-electron chi connectivity index (χ3n) is 2.88. The summed E-state index contributed by atoms with van der Waals surface area (Å²) in [6.07, 6.45) is 0. The molecule has 0 unspecified atom stereocenters. The number of methoxy groups -OCH3 is 1. The number of hydrogen-bond donors (Lipinski definition) is 1. The van der Waals surface area contributed by atoms with Crippen LogP contribution in [0.4, 0.5) is 0 Å². The number of benzene rings is 1. The van der Waals surface area contributed by atoms with Gasteiger partial charge in [0.25, 0.3) is 0 Å². The fourth-order valence-corrected chi connectivity index (χ4v) is 2.02. The highest BCUT2D eigenvalue weighted by Gasteiger charge is 2.23. The van der Waals surface area contributed by atoms with Crippen molar-refractivity contribution in [2.45, 2.75) is 19.8 Å². The van der Waals surface area contributed by atoms with E-state index in [0.29, 0.717) is 16.3 Å². The normalized spacial score (nSPS) is 10.8. The van der Waals surface area contributed by atoms with Gasteiger partial charge in [-0.1, -0.05) is 37.6 Å². The summed E-state index contributed by atoms with van der Waals surface area (Å²) in [7, 11) is 1.37. The number of aromatic amines is 1. The van der Waals surface area contributed by atoms with Gasteiger partial charge in [0, 0.05) is 10.6 Å². The Bertz CT molecular complexity index is 588. The van der Waals surface area contributed by atoms with Crippen molar-refractivity contribution < 1.29 is 9.53 Å². The lowest BCUT2D eigenvalue weighted by Gasteiger charge is -2.06. The number of halogens is 1. The quantitative estimate of drug-likeness (QED) is 0.872. The Morgan fingerprint density at radius 3 is 2.47 bits per heavy atom. The molecular formula is C14H15ClN2O2. The maximum absolute atomic E-state index is 12.0. The fraction of sp³-hybridized carbons (Fsp3) is 0.286. The van der Waals surface area contributed by atoms with Gasteiger partial charge in [0.15, 0.2) is 0 Å². The van der Waals surface area contributed by atoms with Crippen LogP contribution >= 0.6 is 11.6 Å². The van der Waals surface area contributed by atoms with Gasteiger partial charge in [-0.3, -0.25) is 5.10 Å². The number of carbonyl (C=O) groups is 1. The molecule has 1 heterocycles. The second-order valence-electron chi connectivity index (χ2n) is 4.51. The van der Waals surface area contributed by atoms with E-state index in [1.54, 1.807) is 12.1 Å². The Balaban J connectivity index is 2.57. The molecule has 0 bridgehead atoms. The summed E-state index contributed by atoms with van der Waals surface area (Å²) in [6.45, 7) is 3.98. The van der Waals surface area contributed by atoms with Gasteiger partial charge in [0.05, 0.1) is 12.8 Å². The zero-order chi connectivity index (χ0) is 14.0. The predicted octanol–water partition coefficient (Wildman–Crippen LogP) is 3.64. The van der Waals surface area contributed by atoms with Crippen LogP contribution in [0.15, 0.2) is 24.3 Å². The molecule has 100 valence electrons. The van der Waals surface area contributed by atoms with Gasteiger partial charge in [-0.05, 0) is 18.1 Å². The number of hydrogen-bond acceptors (Lipinski definition) is 3. The highest BCUT2D eigenvalue weighted by molar-refractivity contribution is 6.30. The molecular weight excluding hydrogens is 264 g/mol. The molecule has 0 aliphatic heterocycles. The number of carbonyl (C=O) groups excluding carboxylic acids is 1. The molecule has 0 radical (unpaired) electrons. The number of nitrogens with zero attached hydrogens (tertiary/aromatic N) is 1. The molecule has 1 aromatic carbocycles. The first-order valence-corrected chi connectivity index (χ1v) is 6.35. The Hall–Kier alpha value is -1.81. The second kappa shape index (κ2) is 5.45. The van der Waals surface area contributed by atoms with E-state index in [4.69, 9.17) is 16.3 Å². The maximum atomic E-state index is 12.0. The molecule has 19 heavy (non-hydrogen) atoms. The van der Waals surface area contributed by atoms with E-state index in [1.165, 1.54) is 7.11 Å². The Morgan fingerprint density at radius 1 is 1.32 bits per heavy atom. The summed E-state index contributed by atoms with van der Waals surface area (Å²) >= 11 is 5.86. The smallest absolute Gasteiger partial charge is 0.342 e. The molecule has 2 rings (SSSR count). The van der Waals surface area contributed by atoms with Crippen molar-refractivity contribution in [2.75, 3.05) is 7.11 Å². The summed E-state index contributed by atoms with van der Waals surface area (Å²) in [5, 5.41) is 7.80. The topological polar surface area (TPSA) is 55.0 Å². The molecule has 2 aromatic rings. The summed E-state index contributed by atoms with van der Waals surface area (Å²) < 4.78 is 4.85. The van der Waals surface area contributed by atoms with Crippen molar-refractivity contribution >= 4 is 17.6 Å². The van der Waals surface area contributed by atoms with Crippen LogP contribution in [0.2, 0.25) is 5.02 Å². The van der Waals surface area contributed by atoms with E-state index >= 15 is 0 Å². The molecule has 4 nitrogen and oxygen atoms in total. The lowest BCUT2D eigenvalue weighted by Crippen LogP contribution is -2.06. The van der Waals surface area contributed by atoms with Crippen molar-refractivity contribution in [1.82, 2.24) is 10.2 Å². The highest BCUT2D eigenvalue weighted by atomic mass is 35.5. The van der Waals surface area contributed by atoms with Gasteiger partial charge in [-0.25, -0.2) is 4.79 Å². The van der Waals surface area contributed by atoms with Gasteiger partial charge in [-0.15, -0.1) is 0 Å². The zero-order valence-corrected chi connectivity index (χ0v) is 11.8. The standard InChI is InChI=1S/C14H15ClN2O2/c1-8(2)12-11(14(18)19-3)13(17-16-12)9-4-6-10(15)7-5-9/h4-8H,1-3H3,(H,16,17). The number of rotatable bonds is 3. The second-order valence-corrected chi connectivity index (χ2v) is 4.95. The summed E-state index contributed by atoms with van der Waals surface area (Å²) in [5.41, 5.74) is 2.68. The first-order valence-electron chi connectivity index (χ1n) is 5.97. The van der Waals surface area contributed by atoms with Crippen molar-refractivity contribution in [1.29, 1.82) is 0 Å². The van der Waals surface area contributed by atoms with Crippen LogP contribution in [0.3, 0.4) is 0 Å². The van der Waals surface area contributed by atoms with Gasteiger partial charge >= 0.3 is 5.97 Å². The van der Waals surface area contributed by atoms with Crippen molar-refractivity contribution in [3.05, 3.63) is 40.5 Å². The summed E-state index contributed by atoms with van der Waals surface area (Å²) in [5.74, 6) is -0.231. The van der Waals surface area contributed by atoms with E-state index in [-0.39, 0.29) is 11.9 Å². The van der Waals surface area contributed by atoms with Crippen LogP contribution in [0.25, 0.3) is 11.3 Å². The van der Waals surface area contributed by atoms with Crippen LogP contribution in [0.1, 0.15) is 35.8 Å². The molecule has 0 aliphatic carbocycles. The first kappa shape index (κ1) is 13.6. The van der Waals surface area contributed by atoms with Gasteiger partial charge in [0.1, 0.15) is 11.3 Å². The summed E-state index contributed by atoms with van der Waals surface area (Å²) in [6, 6.07) is 7.19. The Kier molecular flexibility index (Phi) is 3.90. The average Bonchev–Trinajstić information content (AvgIpc) is 2.83. The van der Waals surface area contributed by atoms with Crippen molar-refractivity contribution in [3.8, 4) is 11.3 Å². The molecule has 1 aromatic heterocycles. The van der Waals surface area contributed by atoms with Crippen LogP contribution in [0, 0.1) is 0 Å². The number of ether oxygens (including phenoxy) is 1. The summed E-state index contributed by atoms with van der Waals surface area (Å²) in [4.78, 5) is 12.0. The average molecular weight is 279 g/mol. The molecule has 0 amide bonds. The number of nitrogens with one attached hydrogen (secondary N) is 1.